The zero-order chi connectivity index (χ0) is 22.1. The molecular weight excluding hydrogens is 438 g/mol. The highest BCUT2D eigenvalue weighted by Gasteiger charge is 2.36. The van der Waals surface area contributed by atoms with Gasteiger partial charge in [-0.3, -0.25) is 9.59 Å². The van der Waals surface area contributed by atoms with Crippen molar-refractivity contribution >= 4 is 40.5 Å². The topological polar surface area (TPSA) is 46.2 Å². The standard InChI is InChI=1S/C22H18Cl2F3NO2/c1-2-21(30)28-19-6-4-12-7-13(3-5-17(12)19)20(29)11-18(22(25,26)27)14-8-15(23)10-16(24)9-14/h3,5,7-11,19H,2,4,6H2,1H3,(H,28,30). The molecule has 0 fully saturated rings. The van der Waals surface area contributed by atoms with E-state index in [0.29, 0.717) is 25.3 Å². The Kier molecular flexibility index (Phi) is 6.58. The summed E-state index contributed by atoms with van der Waals surface area (Å²) in [7, 11) is 0. The SMILES string of the molecule is CCC(=O)NC1CCc2cc(C(=O)C=C(c3cc(Cl)cc(Cl)c3)C(F)(F)F)ccc21. The molecule has 1 unspecified atom stereocenters. The van der Waals surface area contributed by atoms with Crippen LogP contribution in [0, 0.1) is 0 Å². The number of benzene rings is 2. The van der Waals surface area contributed by atoms with Gasteiger partial charge in [-0.1, -0.05) is 42.3 Å². The van der Waals surface area contributed by atoms with Crippen LogP contribution in [-0.2, 0) is 11.2 Å². The number of aryl methyl sites for hydroxylation is 1. The van der Waals surface area contributed by atoms with E-state index in [1.54, 1.807) is 19.1 Å². The summed E-state index contributed by atoms with van der Waals surface area (Å²) < 4.78 is 40.9. The number of amides is 1. The van der Waals surface area contributed by atoms with Crippen molar-refractivity contribution in [1.29, 1.82) is 0 Å². The van der Waals surface area contributed by atoms with Crippen molar-refractivity contribution < 1.29 is 22.8 Å². The van der Waals surface area contributed by atoms with Crippen LogP contribution in [0.5, 0.6) is 0 Å². The number of allylic oxidation sites excluding steroid dienone is 2. The van der Waals surface area contributed by atoms with Gasteiger partial charge in [0.1, 0.15) is 0 Å². The number of alkyl halides is 3. The fraction of sp³-hybridized carbons (Fsp3) is 0.273. The average molecular weight is 456 g/mol. The minimum Gasteiger partial charge on any atom is -0.349 e. The normalized spacial score (nSPS) is 16.3. The lowest BCUT2D eigenvalue weighted by Crippen LogP contribution is -2.26. The Morgan fingerprint density at radius 1 is 1.10 bits per heavy atom. The predicted molar refractivity (Wildman–Crippen MR) is 111 cm³/mol. The van der Waals surface area contributed by atoms with Crippen molar-refractivity contribution in [3.8, 4) is 0 Å². The third kappa shape index (κ3) is 5.05. The molecule has 0 saturated carbocycles. The number of fused-ring (bicyclic) bond motifs is 1. The molecule has 1 atom stereocenters. The molecule has 1 amide bonds. The molecule has 1 N–H and O–H groups in total. The minimum absolute atomic E-state index is 0.0396. The zero-order valence-corrected chi connectivity index (χ0v) is 17.5. The van der Waals surface area contributed by atoms with Gasteiger partial charge in [0, 0.05) is 22.0 Å². The van der Waals surface area contributed by atoms with E-state index in [1.165, 1.54) is 12.1 Å². The molecule has 30 heavy (non-hydrogen) atoms. The first kappa shape index (κ1) is 22.4. The van der Waals surface area contributed by atoms with Crippen molar-refractivity contribution in [2.24, 2.45) is 0 Å². The van der Waals surface area contributed by atoms with Crippen LogP contribution < -0.4 is 5.32 Å². The highest BCUT2D eigenvalue weighted by Crippen LogP contribution is 2.37. The van der Waals surface area contributed by atoms with Crippen LogP contribution in [0.4, 0.5) is 13.2 Å². The third-order valence-electron chi connectivity index (χ3n) is 4.92. The summed E-state index contributed by atoms with van der Waals surface area (Å²) in [6, 6.07) is 8.15. The summed E-state index contributed by atoms with van der Waals surface area (Å²) in [6.07, 6.45) is -2.53. The summed E-state index contributed by atoms with van der Waals surface area (Å²) in [6.45, 7) is 1.75. The minimum atomic E-state index is -4.77. The monoisotopic (exact) mass is 455 g/mol. The van der Waals surface area contributed by atoms with Gasteiger partial charge in [-0.05, 0) is 59.9 Å². The molecule has 8 heteroatoms. The summed E-state index contributed by atoms with van der Waals surface area (Å²) in [5, 5.41) is 2.99. The van der Waals surface area contributed by atoms with Crippen LogP contribution in [0.15, 0.2) is 42.5 Å². The fourth-order valence-electron chi connectivity index (χ4n) is 3.47. The highest BCUT2D eigenvalue weighted by molar-refractivity contribution is 6.35. The molecule has 0 aliphatic heterocycles. The van der Waals surface area contributed by atoms with Crippen molar-refractivity contribution in [2.75, 3.05) is 0 Å². The Balaban J connectivity index is 1.93. The van der Waals surface area contributed by atoms with Crippen LogP contribution in [0.3, 0.4) is 0 Å². The Morgan fingerprint density at radius 2 is 1.77 bits per heavy atom. The van der Waals surface area contributed by atoms with E-state index in [2.05, 4.69) is 5.32 Å². The molecule has 0 bridgehead atoms. The summed E-state index contributed by atoms with van der Waals surface area (Å²) >= 11 is 11.7. The molecule has 3 nitrogen and oxygen atoms in total. The maximum Gasteiger partial charge on any atom is 0.417 e. The molecular formula is C22H18Cl2F3NO2. The fourth-order valence-corrected chi connectivity index (χ4v) is 4.00. The van der Waals surface area contributed by atoms with Crippen LogP contribution in [0.25, 0.3) is 5.57 Å². The lowest BCUT2D eigenvalue weighted by atomic mass is 9.98. The average Bonchev–Trinajstić information content (AvgIpc) is 3.06. The number of hydrogen-bond acceptors (Lipinski definition) is 2. The maximum atomic E-state index is 13.6. The number of carbonyl (C=O) groups is 2. The molecule has 1 aliphatic rings. The van der Waals surface area contributed by atoms with Crippen molar-refractivity contribution in [3.05, 3.63) is 74.8 Å². The van der Waals surface area contributed by atoms with Gasteiger partial charge in [0.2, 0.25) is 5.91 Å². The Morgan fingerprint density at radius 3 is 2.37 bits per heavy atom. The molecule has 0 aromatic heterocycles. The smallest absolute Gasteiger partial charge is 0.349 e. The van der Waals surface area contributed by atoms with Crippen molar-refractivity contribution in [2.45, 2.75) is 38.4 Å². The van der Waals surface area contributed by atoms with Gasteiger partial charge in [-0.15, -0.1) is 0 Å². The van der Waals surface area contributed by atoms with Gasteiger partial charge in [-0.2, -0.15) is 13.2 Å². The van der Waals surface area contributed by atoms with Gasteiger partial charge < -0.3 is 5.32 Å². The van der Waals surface area contributed by atoms with E-state index in [-0.39, 0.29) is 33.1 Å². The highest BCUT2D eigenvalue weighted by atomic mass is 35.5. The summed E-state index contributed by atoms with van der Waals surface area (Å²) in [5.74, 6) is -0.854. The Hall–Kier alpha value is -2.31. The Labute approximate surface area is 181 Å². The molecule has 3 rings (SSSR count). The van der Waals surface area contributed by atoms with Gasteiger partial charge in [0.25, 0.3) is 0 Å². The van der Waals surface area contributed by atoms with E-state index < -0.39 is 17.5 Å². The lowest BCUT2D eigenvalue weighted by molar-refractivity contribution is -0.121. The molecule has 0 radical (unpaired) electrons. The molecule has 0 heterocycles. The Bertz CT molecular complexity index is 1010. The maximum absolute atomic E-state index is 13.6. The van der Waals surface area contributed by atoms with Gasteiger partial charge >= 0.3 is 6.18 Å². The third-order valence-corrected chi connectivity index (χ3v) is 5.35. The molecule has 2 aromatic carbocycles. The molecule has 0 saturated heterocycles. The van der Waals surface area contributed by atoms with E-state index in [9.17, 15) is 22.8 Å². The van der Waals surface area contributed by atoms with E-state index in [4.69, 9.17) is 23.2 Å². The van der Waals surface area contributed by atoms with Crippen LogP contribution in [-0.4, -0.2) is 17.9 Å². The van der Waals surface area contributed by atoms with Crippen LogP contribution in [0.1, 0.15) is 52.9 Å². The molecule has 158 valence electrons. The number of carbonyl (C=O) groups excluding carboxylic acids is 2. The van der Waals surface area contributed by atoms with E-state index in [1.807, 2.05) is 0 Å². The van der Waals surface area contributed by atoms with Crippen molar-refractivity contribution in [3.63, 3.8) is 0 Å². The number of nitrogens with one attached hydrogen (secondary N) is 1. The van der Waals surface area contributed by atoms with Gasteiger partial charge in [0.05, 0.1) is 11.6 Å². The summed E-state index contributed by atoms with van der Waals surface area (Å²) in [5.41, 5.74) is 0.471. The number of halogens is 5. The second kappa shape index (κ2) is 8.82. The second-order valence-corrected chi connectivity index (χ2v) is 7.88. The second-order valence-electron chi connectivity index (χ2n) is 7.00. The lowest BCUT2D eigenvalue weighted by Gasteiger charge is -2.14. The van der Waals surface area contributed by atoms with E-state index in [0.717, 1.165) is 23.3 Å². The molecule has 0 spiro atoms. The summed E-state index contributed by atoms with van der Waals surface area (Å²) in [4.78, 5) is 24.3. The molecule has 1 aliphatic carbocycles. The number of ketones is 1. The van der Waals surface area contributed by atoms with E-state index >= 15 is 0 Å². The first-order valence-corrected chi connectivity index (χ1v) is 10.1. The predicted octanol–water partition coefficient (Wildman–Crippen LogP) is 6.34. The largest absolute Gasteiger partial charge is 0.417 e. The van der Waals surface area contributed by atoms with Gasteiger partial charge in [-0.25, -0.2) is 0 Å². The van der Waals surface area contributed by atoms with Gasteiger partial charge in [0.15, 0.2) is 5.78 Å². The van der Waals surface area contributed by atoms with Crippen LogP contribution >= 0.6 is 23.2 Å². The zero-order valence-electron chi connectivity index (χ0n) is 15.9. The first-order chi connectivity index (χ1) is 14.1. The van der Waals surface area contributed by atoms with Crippen LogP contribution in [0.2, 0.25) is 10.0 Å². The first-order valence-electron chi connectivity index (χ1n) is 9.30. The molecule has 2 aromatic rings. The van der Waals surface area contributed by atoms with Crippen molar-refractivity contribution in [1.82, 2.24) is 5.32 Å². The quantitative estimate of drug-likeness (QED) is 0.422. The number of hydrogen-bond donors (Lipinski definition) is 1. The number of rotatable bonds is 5.